The molecule has 0 atom stereocenters. The first kappa shape index (κ1) is 19.5. The lowest BCUT2D eigenvalue weighted by molar-refractivity contribution is -0.138. The second kappa shape index (κ2) is 8.63. The number of carbonyl (C=O) groups is 2. The molecular formula is C21H30N2O4. The molecule has 0 aromatic heterocycles. The van der Waals surface area contributed by atoms with Crippen molar-refractivity contribution in [2.75, 3.05) is 40.4 Å². The van der Waals surface area contributed by atoms with Crippen LogP contribution in [0, 0.1) is 11.8 Å². The van der Waals surface area contributed by atoms with Crippen LogP contribution in [0.1, 0.15) is 43.0 Å². The van der Waals surface area contributed by atoms with E-state index in [0.717, 1.165) is 38.8 Å². The highest BCUT2D eigenvalue weighted by Gasteiger charge is 2.32. The normalized spacial score (nSPS) is 19.1. The second-order valence-electron chi connectivity index (χ2n) is 7.68. The molecule has 0 radical (unpaired) electrons. The minimum absolute atomic E-state index is 0.0371. The average Bonchev–Trinajstić information content (AvgIpc) is 2.73. The number of rotatable bonds is 4. The Labute approximate surface area is 161 Å². The third-order valence-corrected chi connectivity index (χ3v) is 5.83. The second-order valence-corrected chi connectivity index (χ2v) is 7.68. The highest BCUT2D eigenvalue weighted by molar-refractivity contribution is 5.95. The topological polar surface area (TPSA) is 59.1 Å². The Kier molecular flexibility index (Phi) is 6.24. The smallest absolute Gasteiger partial charge is 0.254 e. The molecule has 0 bridgehead atoms. The molecule has 2 fully saturated rings. The van der Waals surface area contributed by atoms with E-state index in [4.69, 9.17) is 9.47 Å². The fourth-order valence-electron chi connectivity index (χ4n) is 3.93. The zero-order chi connectivity index (χ0) is 19.4. The van der Waals surface area contributed by atoms with E-state index in [2.05, 4.69) is 6.92 Å². The van der Waals surface area contributed by atoms with Gasteiger partial charge in [-0.25, -0.2) is 0 Å². The van der Waals surface area contributed by atoms with Crippen molar-refractivity contribution in [1.82, 2.24) is 9.80 Å². The minimum Gasteiger partial charge on any atom is -0.497 e. The van der Waals surface area contributed by atoms with Crippen molar-refractivity contribution in [3.8, 4) is 11.5 Å². The van der Waals surface area contributed by atoms with Gasteiger partial charge in [-0.05, 0) is 43.7 Å². The standard InChI is InChI=1S/C21H30N2O4/c1-15-4-8-22(9-5-15)20(24)16-6-10-23(11-7-16)21(25)17-12-18(26-2)14-19(13-17)27-3/h12-16H,4-11H2,1-3H3. The van der Waals surface area contributed by atoms with Crippen LogP contribution in [0.2, 0.25) is 0 Å². The number of hydrogen-bond acceptors (Lipinski definition) is 4. The molecule has 2 aliphatic heterocycles. The van der Waals surface area contributed by atoms with Crippen LogP contribution in [0.3, 0.4) is 0 Å². The summed E-state index contributed by atoms with van der Waals surface area (Å²) in [4.78, 5) is 29.5. The number of methoxy groups -OCH3 is 2. The quantitative estimate of drug-likeness (QED) is 0.813. The molecule has 148 valence electrons. The summed E-state index contributed by atoms with van der Waals surface area (Å²) >= 11 is 0. The van der Waals surface area contributed by atoms with Crippen LogP contribution in [0.25, 0.3) is 0 Å². The Balaban J connectivity index is 1.59. The fraction of sp³-hybridized carbons (Fsp3) is 0.619. The van der Waals surface area contributed by atoms with Gasteiger partial charge in [0.1, 0.15) is 11.5 Å². The summed E-state index contributed by atoms with van der Waals surface area (Å²) in [6.45, 7) is 5.23. The van der Waals surface area contributed by atoms with E-state index >= 15 is 0 Å². The Hall–Kier alpha value is -2.24. The molecule has 1 aromatic carbocycles. The molecule has 2 saturated heterocycles. The predicted molar refractivity (Wildman–Crippen MR) is 103 cm³/mol. The number of benzene rings is 1. The van der Waals surface area contributed by atoms with Gasteiger partial charge in [0.2, 0.25) is 5.91 Å². The lowest BCUT2D eigenvalue weighted by atomic mass is 9.92. The van der Waals surface area contributed by atoms with Crippen molar-refractivity contribution < 1.29 is 19.1 Å². The lowest BCUT2D eigenvalue weighted by Crippen LogP contribution is -2.46. The summed E-state index contributed by atoms with van der Waals surface area (Å²) in [5, 5.41) is 0. The van der Waals surface area contributed by atoms with Gasteiger partial charge < -0.3 is 19.3 Å². The summed E-state index contributed by atoms with van der Waals surface area (Å²) in [7, 11) is 3.14. The minimum atomic E-state index is -0.0371. The maximum atomic E-state index is 12.9. The molecule has 27 heavy (non-hydrogen) atoms. The van der Waals surface area contributed by atoms with E-state index < -0.39 is 0 Å². The summed E-state index contributed by atoms with van der Waals surface area (Å²) in [5.74, 6) is 2.20. The highest BCUT2D eigenvalue weighted by atomic mass is 16.5. The zero-order valence-corrected chi connectivity index (χ0v) is 16.6. The van der Waals surface area contributed by atoms with E-state index in [1.54, 1.807) is 32.4 Å². The summed E-state index contributed by atoms with van der Waals surface area (Å²) in [5.41, 5.74) is 0.556. The Morgan fingerprint density at radius 3 is 1.89 bits per heavy atom. The van der Waals surface area contributed by atoms with Crippen molar-refractivity contribution in [1.29, 1.82) is 0 Å². The van der Waals surface area contributed by atoms with Crippen molar-refractivity contribution in [3.05, 3.63) is 23.8 Å². The first-order chi connectivity index (χ1) is 13.0. The van der Waals surface area contributed by atoms with Crippen LogP contribution < -0.4 is 9.47 Å². The molecule has 6 heteroatoms. The van der Waals surface area contributed by atoms with Crippen LogP contribution in [0.15, 0.2) is 18.2 Å². The molecule has 1 aromatic rings. The lowest BCUT2D eigenvalue weighted by Gasteiger charge is -2.36. The monoisotopic (exact) mass is 374 g/mol. The third kappa shape index (κ3) is 4.54. The molecule has 0 aliphatic carbocycles. The van der Waals surface area contributed by atoms with E-state index in [1.807, 2.05) is 9.80 Å². The van der Waals surface area contributed by atoms with Gasteiger partial charge in [0.05, 0.1) is 14.2 Å². The Morgan fingerprint density at radius 2 is 1.37 bits per heavy atom. The van der Waals surface area contributed by atoms with Gasteiger partial charge in [-0.1, -0.05) is 6.92 Å². The third-order valence-electron chi connectivity index (χ3n) is 5.83. The van der Waals surface area contributed by atoms with Crippen LogP contribution in [0.4, 0.5) is 0 Å². The largest absolute Gasteiger partial charge is 0.497 e. The summed E-state index contributed by atoms with van der Waals surface area (Å²) < 4.78 is 10.5. The molecule has 6 nitrogen and oxygen atoms in total. The molecule has 0 spiro atoms. The van der Waals surface area contributed by atoms with Crippen LogP contribution >= 0.6 is 0 Å². The fourth-order valence-corrected chi connectivity index (χ4v) is 3.93. The van der Waals surface area contributed by atoms with Gasteiger partial charge in [-0.3, -0.25) is 9.59 Å². The number of amides is 2. The molecular weight excluding hydrogens is 344 g/mol. The molecule has 3 rings (SSSR count). The van der Waals surface area contributed by atoms with Crippen LogP contribution in [0.5, 0.6) is 11.5 Å². The van der Waals surface area contributed by atoms with Crippen molar-refractivity contribution in [2.24, 2.45) is 11.8 Å². The Bertz CT molecular complexity index is 653. The zero-order valence-electron chi connectivity index (χ0n) is 16.6. The van der Waals surface area contributed by atoms with E-state index in [1.165, 1.54) is 0 Å². The molecule has 0 N–H and O–H groups in total. The predicted octanol–water partition coefficient (Wildman–Crippen LogP) is 2.81. The molecule has 2 heterocycles. The SMILES string of the molecule is COc1cc(OC)cc(C(=O)N2CCC(C(=O)N3CCC(C)CC3)CC2)c1. The van der Waals surface area contributed by atoms with Crippen LogP contribution in [-0.2, 0) is 4.79 Å². The molecule has 2 amide bonds. The number of nitrogens with zero attached hydrogens (tertiary/aromatic N) is 2. The maximum absolute atomic E-state index is 12.9. The highest BCUT2D eigenvalue weighted by Crippen LogP contribution is 2.27. The summed E-state index contributed by atoms with van der Waals surface area (Å²) in [6, 6.07) is 5.22. The molecule has 2 aliphatic rings. The average molecular weight is 374 g/mol. The number of ether oxygens (including phenoxy) is 2. The van der Waals surface area contributed by atoms with Gasteiger partial charge in [0, 0.05) is 43.7 Å². The first-order valence-corrected chi connectivity index (χ1v) is 9.83. The first-order valence-electron chi connectivity index (χ1n) is 9.83. The van der Waals surface area contributed by atoms with E-state index in [-0.39, 0.29) is 17.7 Å². The van der Waals surface area contributed by atoms with E-state index in [0.29, 0.717) is 36.1 Å². The number of likely N-dealkylation sites (tertiary alicyclic amines) is 2. The summed E-state index contributed by atoms with van der Waals surface area (Å²) in [6.07, 6.45) is 3.66. The van der Waals surface area contributed by atoms with Crippen molar-refractivity contribution in [3.63, 3.8) is 0 Å². The number of hydrogen-bond donors (Lipinski definition) is 0. The van der Waals surface area contributed by atoms with Gasteiger partial charge in [0.25, 0.3) is 5.91 Å². The van der Waals surface area contributed by atoms with Gasteiger partial charge in [-0.15, -0.1) is 0 Å². The van der Waals surface area contributed by atoms with E-state index in [9.17, 15) is 9.59 Å². The molecule has 0 unspecified atom stereocenters. The van der Waals surface area contributed by atoms with Gasteiger partial charge >= 0.3 is 0 Å². The van der Waals surface area contributed by atoms with Gasteiger partial charge in [-0.2, -0.15) is 0 Å². The molecule has 0 saturated carbocycles. The number of piperidine rings is 2. The van der Waals surface area contributed by atoms with Crippen molar-refractivity contribution in [2.45, 2.75) is 32.6 Å². The Morgan fingerprint density at radius 1 is 0.852 bits per heavy atom. The maximum Gasteiger partial charge on any atom is 0.254 e. The van der Waals surface area contributed by atoms with Gasteiger partial charge in [0.15, 0.2) is 0 Å². The van der Waals surface area contributed by atoms with Crippen LogP contribution in [-0.4, -0.2) is 62.0 Å². The van der Waals surface area contributed by atoms with Crippen molar-refractivity contribution >= 4 is 11.8 Å². The number of carbonyl (C=O) groups excluding carboxylic acids is 2.